The fourth-order valence-corrected chi connectivity index (χ4v) is 4.19. The van der Waals surface area contributed by atoms with Crippen LogP contribution >= 0.6 is 0 Å². The molecule has 4 nitrogen and oxygen atoms in total. The van der Waals surface area contributed by atoms with E-state index in [1.54, 1.807) is 7.11 Å². The van der Waals surface area contributed by atoms with Gasteiger partial charge in [-0.15, -0.1) is 0 Å². The van der Waals surface area contributed by atoms with E-state index in [0.29, 0.717) is 12.0 Å². The monoisotopic (exact) mass is 408 g/mol. The number of hydrogen-bond donors (Lipinski definition) is 0. The van der Waals surface area contributed by atoms with Crippen LogP contribution in [0.3, 0.4) is 0 Å². The van der Waals surface area contributed by atoms with Crippen LogP contribution in [0, 0.1) is 6.92 Å². The van der Waals surface area contributed by atoms with Gasteiger partial charge >= 0.3 is 0 Å². The van der Waals surface area contributed by atoms with Gasteiger partial charge in [-0.05, 0) is 80.9 Å². The molecular weight excluding hydrogens is 368 g/mol. The highest BCUT2D eigenvalue weighted by Crippen LogP contribution is 2.44. The Bertz CT molecular complexity index is 676. The van der Waals surface area contributed by atoms with Crippen molar-refractivity contribution in [3.8, 4) is 11.5 Å². The highest BCUT2D eigenvalue weighted by molar-refractivity contribution is 6.74. The number of rotatable bonds is 9. The van der Waals surface area contributed by atoms with Crippen molar-refractivity contribution in [1.29, 1.82) is 0 Å². The Kier molecular flexibility index (Phi) is 6.94. The second-order valence-electron chi connectivity index (χ2n) is 10.3. The molecule has 28 heavy (non-hydrogen) atoms. The van der Waals surface area contributed by atoms with E-state index in [1.807, 2.05) is 0 Å². The van der Waals surface area contributed by atoms with E-state index in [1.165, 1.54) is 5.56 Å². The molecule has 2 atom stereocenters. The van der Waals surface area contributed by atoms with E-state index >= 15 is 0 Å². The third kappa shape index (κ3) is 5.52. The standard InChI is InChI=1S/C23H40O4Si/c1-16(11-12-21-23(6,7)26-21)18-14-19(25-15-24-8)17(2)13-20(18)27-28(9,10)22(3,4)5/h13-14,16,21H,11-12,15H2,1-10H3. The first-order valence-electron chi connectivity index (χ1n) is 10.4. The molecule has 0 aliphatic carbocycles. The zero-order valence-corrected chi connectivity index (χ0v) is 20.6. The van der Waals surface area contributed by atoms with Crippen LogP contribution in [0.15, 0.2) is 12.1 Å². The highest BCUT2D eigenvalue weighted by Gasteiger charge is 2.47. The van der Waals surface area contributed by atoms with Crippen LogP contribution < -0.4 is 9.16 Å². The van der Waals surface area contributed by atoms with E-state index in [0.717, 1.165) is 29.9 Å². The third-order valence-electron chi connectivity index (χ3n) is 6.37. The first kappa shape index (κ1) is 23.2. The van der Waals surface area contributed by atoms with Gasteiger partial charge in [-0.3, -0.25) is 0 Å². The van der Waals surface area contributed by atoms with Crippen LogP contribution in [-0.2, 0) is 9.47 Å². The third-order valence-corrected chi connectivity index (χ3v) is 10.7. The fourth-order valence-electron chi connectivity index (χ4n) is 3.15. The summed E-state index contributed by atoms with van der Waals surface area (Å²) in [5.74, 6) is 2.25. The quantitative estimate of drug-likeness (QED) is 0.268. The Hall–Kier alpha value is -1.04. The summed E-state index contributed by atoms with van der Waals surface area (Å²) < 4.78 is 23.4. The van der Waals surface area contributed by atoms with Crippen molar-refractivity contribution in [1.82, 2.24) is 0 Å². The van der Waals surface area contributed by atoms with Crippen molar-refractivity contribution in [2.24, 2.45) is 0 Å². The number of aryl methyl sites for hydroxylation is 1. The molecular formula is C23H40O4Si. The SMILES string of the molecule is COCOc1cc(C(C)CCC2OC2(C)C)c(O[Si](C)(C)C(C)(C)C)cc1C. The smallest absolute Gasteiger partial charge is 0.250 e. The average Bonchev–Trinajstić information content (AvgIpc) is 3.17. The number of epoxide rings is 1. The molecule has 0 radical (unpaired) electrons. The number of ether oxygens (including phenoxy) is 3. The summed E-state index contributed by atoms with van der Waals surface area (Å²) in [4.78, 5) is 0. The van der Waals surface area contributed by atoms with Crippen LogP contribution in [0.2, 0.25) is 18.1 Å². The van der Waals surface area contributed by atoms with Gasteiger partial charge in [0.05, 0.1) is 11.7 Å². The number of hydrogen-bond acceptors (Lipinski definition) is 4. The Morgan fingerprint density at radius 2 is 1.79 bits per heavy atom. The van der Waals surface area contributed by atoms with E-state index < -0.39 is 8.32 Å². The summed E-state index contributed by atoms with van der Waals surface area (Å²) in [5.41, 5.74) is 2.34. The first-order valence-corrected chi connectivity index (χ1v) is 13.3. The van der Waals surface area contributed by atoms with Crippen molar-refractivity contribution in [3.05, 3.63) is 23.3 Å². The minimum Gasteiger partial charge on any atom is -0.543 e. The van der Waals surface area contributed by atoms with Gasteiger partial charge in [-0.1, -0.05) is 27.7 Å². The second-order valence-corrected chi connectivity index (χ2v) is 15.0. The lowest BCUT2D eigenvalue weighted by Crippen LogP contribution is -2.44. The summed E-state index contributed by atoms with van der Waals surface area (Å²) >= 11 is 0. The van der Waals surface area contributed by atoms with Crippen LogP contribution in [-0.4, -0.2) is 33.9 Å². The van der Waals surface area contributed by atoms with E-state index in [-0.39, 0.29) is 17.4 Å². The molecule has 1 heterocycles. The van der Waals surface area contributed by atoms with E-state index in [2.05, 4.69) is 73.7 Å². The highest BCUT2D eigenvalue weighted by atomic mass is 28.4. The Morgan fingerprint density at radius 3 is 2.29 bits per heavy atom. The summed E-state index contributed by atoms with van der Waals surface area (Å²) in [5, 5.41) is 0.151. The lowest BCUT2D eigenvalue weighted by Gasteiger charge is -2.37. The topological polar surface area (TPSA) is 40.2 Å². The molecule has 0 amide bonds. The Balaban J connectivity index is 2.29. The molecule has 160 valence electrons. The molecule has 1 saturated heterocycles. The van der Waals surface area contributed by atoms with Gasteiger partial charge in [-0.2, -0.15) is 0 Å². The molecule has 2 unspecified atom stereocenters. The normalized spacial score (nSPS) is 20.0. The van der Waals surface area contributed by atoms with Gasteiger partial charge in [0.15, 0.2) is 6.79 Å². The van der Waals surface area contributed by atoms with Crippen LogP contribution in [0.1, 0.15) is 71.4 Å². The predicted octanol–water partition coefficient (Wildman–Crippen LogP) is 6.42. The zero-order chi connectivity index (χ0) is 21.3. The second kappa shape index (κ2) is 8.37. The Labute approximate surface area is 173 Å². The molecule has 1 aliphatic heterocycles. The lowest BCUT2D eigenvalue weighted by atomic mass is 9.92. The van der Waals surface area contributed by atoms with Gasteiger partial charge in [0.25, 0.3) is 0 Å². The summed E-state index contributed by atoms with van der Waals surface area (Å²) in [6.07, 6.45) is 2.50. The van der Waals surface area contributed by atoms with E-state index in [9.17, 15) is 0 Å². The maximum Gasteiger partial charge on any atom is 0.250 e. The maximum atomic E-state index is 6.74. The first-order chi connectivity index (χ1) is 12.8. The Morgan fingerprint density at radius 1 is 1.18 bits per heavy atom. The summed E-state index contributed by atoms with van der Waals surface area (Å²) in [6.45, 7) is 20.3. The molecule has 0 spiro atoms. The summed E-state index contributed by atoms with van der Waals surface area (Å²) in [6, 6.07) is 4.30. The molecule has 1 aromatic carbocycles. The zero-order valence-electron chi connectivity index (χ0n) is 19.6. The van der Waals surface area contributed by atoms with E-state index in [4.69, 9.17) is 18.6 Å². The average molecular weight is 409 g/mol. The van der Waals surface area contributed by atoms with Gasteiger partial charge in [-0.25, -0.2) is 0 Å². The van der Waals surface area contributed by atoms with Crippen LogP contribution in [0.5, 0.6) is 11.5 Å². The molecule has 1 aliphatic rings. The molecule has 0 N–H and O–H groups in total. The van der Waals surface area contributed by atoms with Gasteiger partial charge in [0.2, 0.25) is 8.32 Å². The maximum absolute atomic E-state index is 6.74. The van der Waals surface area contributed by atoms with Crippen LogP contribution in [0.4, 0.5) is 0 Å². The molecule has 0 saturated carbocycles. The molecule has 5 heteroatoms. The minimum absolute atomic E-state index is 0.0419. The fraction of sp³-hybridized carbons (Fsp3) is 0.739. The van der Waals surface area contributed by atoms with Gasteiger partial charge in [0.1, 0.15) is 11.5 Å². The summed E-state index contributed by atoms with van der Waals surface area (Å²) in [7, 11) is -0.290. The molecule has 2 rings (SSSR count). The molecule has 1 aromatic rings. The van der Waals surface area contributed by atoms with Gasteiger partial charge < -0.3 is 18.6 Å². The van der Waals surface area contributed by atoms with Crippen molar-refractivity contribution in [3.63, 3.8) is 0 Å². The lowest BCUT2D eigenvalue weighted by molar-refractivity contribution is 0.0505. The van der Waals surface area contributed by atoms with Crippen molar-refractivity contribution in [2.75, 3.05) is 13.9 Å². The molecule has 0 bridgehead atoms. The van der Waals surface area contributed by atoms with Crippen LogP contribution in [0.25, 0.3) is 0 Å². The van der Waals surface area contributed by atoms with Crippen molar-refractivity contribution in [2.45, 2.75) is 97.1 Å². The van der Waals surface area contributed by atoms with Crippen molar-refractivity contribution < 1.29 is 18.6 Å². The molecule has 0 aromatic heterocycles. The largest absolute Gasteiger partial charge is 0.543 e. The minimum atomic E-state index is -1.93. The van der Waals surface area contributed by atoms with Crippen molar-refractivity contribution >= 4 is 8.32 Å². The number of methoxy groups -OCH3 is 1. The van der Waals surface area contributed by atoms with Gasteiger partial charge in [0, 0.05) is 7.11 Å². The predicted molar refractivity (Wildman–Crippen MR) is 118 cm³/mol. The molecule has 1 fully saturated rings. The number of benzene rings is 1.